The molecule has 1 rings (SSSR count). The maximum absolute atomic E-state index is 11.4. The molecule has 0 aliphatic carbocycles. The zero-order valence-electron chi connectivity index (χ0n) is 9.72. The molecule has 0 aliphatic heterocycles. The normalized spacial score (nSPS) is 10.5. The van der Waals surface area contributed by atoms with Crippen LogP contribution < -0.4 is 0 Å². The van der Waals surface area contributed by atoms with E-state index in [0.717, 1.165) is 6.42 Å². The number of carboxylic acids is 2. The summed E-state index contributed by atoms with van der Waals surface area (Å²) in [6.45, 7) is 1.90. The SMILES string of the molecule is CCCCC(C(=O)O)(C(=O)O)c1ccccc1.[MgH2]. The van der Waals surface area contributed by atoms with Crippen molar-refractivity contribution in [3.8, 4) is 0 Å². The summed E-state index contributed by atoms with van der Waals surface area (Å²) in [5.74, 6) is -2.60. The summed E-state index contributed by atoms with van der Waals surface area (Å²) in [4.78, 5) is 22.8. The average Bonchev–Trinajstić information content (AvgIpc) is 2.30. The minimum Gasteiger partial charge on any atom is -0.480 e. The van der Waals surface area contributed by atoms with Crippen LogP contribution in [0.3, 0.4) is 0 Å². The number of carbonyl (C=O) groups is 2. The molecule has 1 aromatic carbocycles. The Morgan fingerprint density at radius 3 is 2.00 bits per heavy atom. The first-order chi connectivity index (χ1) is 8.05. The van der Waals surface area contributed by atoms with Gasteiger partial charge in [-0.15, -0.1) is 0 Å². The summed E-state index contributed by atoms with van der Waals surface area (Å²) in [7, 11) is 0. The molecule has 0 bridgehead atoms. The average molecular weight is 263 g/mol. The molecule has 0 heterocycles. The number of carboxylic acid groups (broad SMARTS) is 2. The molecule has 0 amide bonds. The predicted molar refractivity (Wildman–Crippen MR) is 71.5 cm³/mol. The molecule has 18 heavy (non-hydrogen) atoms. The van der Waals surface area contributed by atoms with Crippen LogP contribution in [0.4, 0.5) is 0 Å². The van der Waals surface area contributed by atoms with Crippen molar-refractivity contribution in [2.24, 2.45) is 0 Å². The highest BCUT2D eigenvalue weighted by molar-refractivity contribution is 6.04. The maximum Gasteiger partial charge on any atom is 0.325 e. The monoisotopic (exact) mass is 262 g/mol. The summed E-state index contributed by atoms with van der Waals surface area (Å²) in [5, 5.41) is 18.6. The summed E-state index contributed by atoms with van der Waals surface area (Å²) in [5.41, 5.74) is -1.49. The Kier molecular flexibility index (Phi) is 6.94. The van der Waals surface area contributed by atoms with Crippen molar-refractivity contribution in [3.05, 3.63) is 35.9 Å². The van der Waals surface area contributed by atoms with Gasteiger partial charge in [0.1, 0.15) is 0 Å². The second-order valence-electron chi connectivity index (χ2n) is 3.99. The van der Waals surface area contributed by atoms with Crippen LogP contribution in [0.2, 0.25) is 0 Å². The van der Waals surface area contributed by atoms with E-state index in [1.165, 1.54) is 0 Å². The van der Waals surface area contributed by atoms with Gasteiger partial charge in [-0.2, -0.15) is 0 Å². The highest BCUT2D eigenvalue weighted by atomic mass is 24.3. The van der Waals surface area contributed by atoms with E-state index >= 15 is 0 Å². The van der Waals surface area contributed by atoms with E-state index in [9.17, 15) is 19.8 Å². The van der Waals surface area contributed by atoms with Crippen LogP contribution in [0.1, 0.15) is 31.7 Å². The fourth-order valence-electron chi connectivity index (χ4n) is 1.86. The molecule has 0 radical (unpaired) electrons. The van der Waals surface area contributed by atoms with Gasteiger partial charge in [0.05, 0.1) is 0 Å². The number of hydrogen-bond acceptors (Lipinski definition) is 2. The zero-order valence-corrected chi connectivity index (χ0v) is 9.72. The van der Waals surface area contributed by atoms with Crippen molar-refractivity contribution in [2.75, 3.05) is 0 Å². The van der Waals surface area contributed by atoms with E-state index in [4.69, 9.17) is 0 Å². The van der Waals surface area contributed by atoms with Gasteiger partial charge in [-0.05, 0) is 12.0 Å². The lowest BCUT2D eigenvalue weighted by Gasteiger charge is -2.25. The third-order valence-electron chi connectivity index (χ3n) is 2.90. The third-order valence-corrected chi connectivity index (χ3v) is 2.90. The molecule has 1 aromatic rings. The van der Waals surface area contributed by atoms with Gasteiger partial charge in [-0.1, -0.05) is 50.1 Å². The summed E-state index contributed by atoms with van der Waals surface area (Å²) in [6, 6.07) is 8.15. The van der Waals surface area contributed by atoms with Crippen molar-refractivity contribution in [1.82, 2.24) is 0 Å². The van der Waals surface area contributed by atoms with Gasteiger partial charge in [0.2, 0.25) is 0 Å². The van der Waals surface area contributed by atoms with Crippen molar-refractivity contribution in [3.63, 3.8) is 0 Å². The molecule has 0 fully saturated rings. The van der Waals surface area contributed by atoms with Crippen molar-refractivity contribution >= 4 is 35.0 Å². The minimum atomic E-state index is -1.82. The molecule has 0 saturated carbocycles. The molecule has 5 heteroatoms. The Balaban J connectivity index is 0.00000289. The smallest absolute Gasteiger partial charge is 0.325 e. The first-order valence-electron chi connectivity index (χ1n) is 5.58. The molecule has 0 spiro atoms. The fourth-order valence-corrected chi connectivity index (χ4v) is 1.86. The fraction of sp³-hybridized carbons (Fsp3) is 0.385. The lowest BCUT2D eigenvalue weighted by atomic mass is 9.76. The number of aliphatic carboxylic acids is 2. The van der Waals surface area contributed by atoms with Crippen LogP contribution in [0.25, 0.3) is 0 Å². The van der Waals surface area contributed by atoms with Crippen LogP contribution in [-0.4, -0.2) is 45.2 Å². The number of rotatable bonds is 6. The zero-order chi connectivity index (χ0) is 12.9. The highest BCUT2D eigenvalue weighted by Crippen LogP contribution is 2.31. The predicted octanol–water partition coefficient (Wildman–Crippen LogP) is 1.37. The number of hydrogen-bond donors (Lipinski definition) is 2. The lowest BCUT2D eigenvalue weighted by molar-refractivity contribution is -0.158. The van der Waals surface area contributed by atoms with Crippen LogP contribution in [0.15, 0.2) is 30.3 Å². The summed E-state index contributed by atoms with van der Waals surface area (Å²) in [6.07, 6.45) is 1.43. The second-order valence-corrected chi connectivity index (χ2v) is 3.99. The topological polar surface area (TPSA) is 74.6 Å². The number of unbranched alkanes of at least 4 members (excludes halogenated alkanes) is 1. The molecule has 2 N–H and O–H groups in total. The Hall–Kier alpha value is -1.07. The van der Waals surface area contributed by atoms with E-state index in [2.05, 4.69) is 0 Å². The highest BCUT2D eigenvalue weighted by Gasteiger charge is 2.47. The van der Waals surface area contributed by atoms with Crippen molar-refractivity contribution < 1.29 is 19.8 Å². The first-order valence-corrected chi connectivity index (χ1v) is 5.58. The molecule has 0 aromatic heterocycles. The van der Waals surface area contributed by atoms with Gasteiger partial charge in [-0.3, -0.25) is 9.59 Å². The Morgan fingerprint density at radius 2 is 1.61 bits per heavy atom. The molecule has 0 saturated heterocycles. The largest absolute Gasteiger partial charge is 0.480 e. The van der Waals surface area contributed by atoms with Gasteiger partial charge >= 0.3 is 35.0 Å². The van der Waals surface area contributed by atoms with Crippen molar-refractivity contribution in [2.45, 2.75) is 31.6 Å². The molecular weight excluding hydrogens is 244 g/mol. The molecular formula is C13H18MgO4. The standard InChI is InChI=1S/C13H16O4.Mg.2H/c1-2-3-9-13(11(14)15,12(16)17)10-7-5-4-6-8-10;;;/h4-8H,2-3,9H2,1H3,(H,14,15)(H,16,17);;;. The maximum atomic E-state index is 11.4. The van der Waals surface area contributed by atoms with Gasteiger partial charge in [0, 0.05) is 0 Å². The van der Waals surface area contributed by atoms with Crippen molar-refractivity contribution in [1.29, 1.82) is 0 Å². The van der Waals surface area contributed by atoms with Gasteiger partial charge in [0.15, 0.2) is 5.41 Å². The molecule has 4 nitrogen and oxygen atoms in total. The third kappa shape index (κ3) is 3.23. The number of benzene rings is 1. The Morgan fingerprint density at radius 1 is 1.11 bits per heavy atom. The van der Waals surface area contributed by atoms with Crippen LogP contribution >= 0.6 is 0 Å². The molecule has 96 valence electrons. The van der Waals surface area contributed by atoms with E-state index in [1.807, 2.05) is 6.92 Å². The molecule has 0 atom stereocenters. The van der Waals surface area contributed by atoms with Crippen LogP contribution in [0.5, 0.6) is 0 Å². The Bertz CT molecular complexity index is 389. The molecule has 0 unspecified atom stereocenters. The molecule has 0 aliphatic rings. The minimum absolute atomic E-state index is 0. The van der Waals surface area contributed by atoms with E-state index < -0.39 is 17.4 Å². The Labute approximate surface area is 122 Å². The van der Waals surface area contributed by atoms with E-state index in [1.54, 1.807) is 30.3 Å². The van der Waals surface area contributed by atoms with E-state index in [0.29, 0.717) is 12.0 Å². The summed E-state index contributed by atoms with van der Waals surface area (Å²) >= 11 is 0. The van der Waals surface area contributed by atoms with Crippen LogP contribution in [-0.2, 0) is 15.0 Å². The van der Waals surface area contributed by atoms with Gasteiger partial charge < -0.3 is 10.2 Å². The van der Waals surface area contributed by atoms with Gasteiger partial charge in [-0.25, -0.2) is 0 Å². The summed E-state index contributed by atoms with van der Waals surface area (Å²) < 4.78 is 0. The van der Waals surface area contributed by atoms with Gasteiger partial charge in [0.25, 0.3) is 0 Å². The first kappa shape index (κ1) is 16.9. The lowest BCUT2D eigenvalue weighted by Crippen LogP contribution is -2.43. The second kappa shape index (κ2) is 7.38. The van der Waals surface area contributed by atoms with E-state index in [-0.39, 0.29) is 29.5 Å². The van der Waals surface area contributed by atoms with Crippen LogP contribution in [0, 0.1) is 0 Å². The quantitative estimate of drug-likeness (QED) is 0.600.